The SMILES string of the molecule is CC(CC(=O)O)CC(=O)Nc1ccc(Oc2ccccc2)cc1. The zero-order valence-corrected chi connectivity index (χ0v) is 12.9. The van der Waals surface area contributed by atoms with Crippen molar-refractivity contribution in [1.82, 2.24) is 0 Å². The second-order valence-corrected chi connectivity index (χ2v) is 5.39. The summed E-state index contributed by atoms with van der Waals surface area (Å²) >= 11 is 0. The van der Waals surface area contributed by atoms with E-state index in [4.69, 9.17) is 9.84 Å². The van der Waals surface area contributed by atoms with Gasteiger partial charge < -0.3 is 15.2 Å². The van der Waals surface area contributed by atoms with E-state index in [-0.39, 0.29) is 24.7 Å². The molecule has 0 spiro atoms. The molecule has 0 bridgehead atoms. The highest BCUT2D eigenvalue weighted by Gasteiger charge is 2.12. The molecule has 1 amide bonds. The Kier molecular flexibility index (Phi) is 5.74. The number of carboxylic acids is 1. The molecule has 1 unspecified atom stereocenters. The van der Waals surface area contributed by atoms with Crippen molar-refractivity contribution in [3.8, 4) is 11.5 Å². The zero-order chi connectivity index (χ0) is 16.7. The summed E-state index contributed by atoms with van der Waals surface area (Å²) in [6.45, 7) is 1.74. The van der Waals surface area contributed by atoms with Crippen LogP contribution in [0.5, 0.6) is 11.5 Å². The summed E-state index contributed by atoms with van der Waals surface area (Å²) in [5.74, 6) is 0.122. The van der Waals surface area contributed by atoms with Crippen molar-refractivity contribution in [3.05, 3.63) is 54.6 Å². The largest absolute Gasteiger partial charge is 0.481 e. The van der Waals surface area contributed by atoms with E-state index in [1.165, 1.54) is 0 Å². The lowest BCUT2D eigenvalue weighted by atomic mass is 10.0. The summed E-state index contributed by atoms with van der Waals surface area (Å²) in [6.07, 6.45) is 0.159. The molecular weight excluding hydrogens is 294 g/mol. The Morgan fingerprint density at radius 2 is 1.61 bits per heavy atom. The van der Waals surface area contributed by atoms with E-state index < -0.39 is 5.97 Å². The molecule has 5 heteroatoms. The number of carbonyl (C=O) groups is 2. The van der Waals surface area contributed by atoms with Gasteiger partial charge >= 0.3 is 5.97 Å². The Labute approximate surface area is 134 Å². The van der Waals surface area contributed by atoms with Crippen LogP contribution in [0.3, 0.4) is 0 Å². The van der Waals surface area contributed by atoms with Gasteiger partial charge in [0.05, 0.1) is 0 Å². The van der Waals surface area contributed by atoms with Gasteiger partial charge in [-0.25, -0.2) is 0 Å². The number of nitrogens with one attached hydrogen (secondary N) is 1. The van der Waals surface area contributed by atoms with Gasteiger partial charge in [0, 0.05) is 18.5 Å². The first-order valence-electron chi connectivity index (χ1n) is 7.37. The van der Waals surface area contributed by atoms with Gasteiger partial charge in [-0.15, -0.1) is 0 Å². The molecule has 0 aromatic heterocycles. The number of carbonyl (C=O) groups excluding carboxylic acids is 1. The monoisotopic (exact) mass is 313 g/mol. The summed E-state index contributed by atoms with van der Waals surface area (Å²) in [4.78, 5) is 22.4. The van der Waals surface area contributed by atoms with E-state index in [0.29, 0.717) is 11.4 Å². The Morgan fingerprint density at radius 1 is 1.00 bits per heavy atom. The molecule has 0 aliphatic heterocycles. The van der Waals surface area contributed by atoms with Crippen LogP contribution >= 0.6 is 0 Å². The van der Waals surface area contributed by atoms with Gasteiger partial charge in [0.1, 0.15) is 11.5 Å². The summed E-state index contributed by atoms with van der Waals surface area (Å²) in [5.41, 5.74) is 0.651. The van der Waals surface area contributed by atoms with E-state index in [1.807, 2.05) is 30.3 Å². The van der Waals surface area contributed by atoms with Crippen LogP contribution in [0.25, 0.3) is 0 Å². The molecule has 23 heavy (non-hydrogen) atoms. The predicted molar refractivity (Wildman–Crippen MR) is 87.6 cm³/mol. The normalized spacial score (nSPS) is 11.5. The quantitative estimate of drug-likeness (QED) is 0.812. The molecule has 2 N–H and O–H groups in total. The van der Waals surface area contributed by atoms with Crippen LogP contribution in [0.2, 0.25) is 0 Å². The fourth-order valence-electron chi connectivity index (χ4n) is 2.13. The highest BCUT2D eigenvalue weighted by Crippen LogP contribution is 2.22. The fourth-order valence-corrected chi connectivity index (χ4v) is 2.13. The van der Waals surface area contributed by atoms with Gasteiger partial charge in [0.25, 0.3) is 0 Å². The van der Waals surface area contributed by atoms with Crippen molar-refractivity contribution in [2.24, 2.45) is 5.92 Å². The maximum Gasteiger partial charge on any atom is 0.303 e. The molecule has 0 aliphatic carbocycles. The first-order valence-corrected chi connectivity index (χ1v) is 7.37. The van der Waals surface area contributed by atoms with Gasteiger partial charge in [-0.3, -0.25) is 9.59 Å². The first-order chi connectivity index (χ1) is 11.0. The minimum absolute atomic E-state index is 0.0166. The third-order valence-electron chi connectivity index (χ3n) is 3.17. The third-order valence-corrected chi connectivity index (χ3v) is 3.17. The Bertz CT molecular complexity index is 652. The summed E-state index contributed by atoms with van der Waals surface area (Å²) in [6, 6.07) is 16.4. The number of aliphatic carboxylic acids is 1. The third kappa shape index (κ3) is 5.82. The molecule has 0 fully saturated rings. The van der Waals surface area contributed by atoms with Crippen molar-refractivity contribution < 1.29 is 19.4 Å². The van der Waals surface area contributed by atoms with Crippen LogP contribution in [-0.2, 0) is 9.59 Å². The molecule has 0 saturated carbocycles. The first kappa shape index (κ1) is 16.5. The van der Waals surface area contributed by atoms with Crippen LogP contribution in [0.1, 0.15) is 19.8 Å². The average molecular weight is 313 g/mol. The van der Waals surface area contributed by atoms with Crippen molar-refractivity contribution in [1.29, 1.82) is 0 Å². The smallest absolute Gasteiger partial charge is 0.303 e. The molecule has 0 radical (unpaired) electrons. The predicted octanol–water partition coefficient (Wildman–Crippen LogP) is 3.92. The Balaban J connectivity index is 1.87. The maximum atomic E-state index is 11.8. The van der Waals surface area contributed by atoms with E-state index in [1.54, 1.807) is 31.2 Å². The van der Waals surface area contributed by atoms with Crippen LogP contribution in [0.15, 0.2) is 54.6 Å². The number of hydrogen-bond acceptors (Lipinski definition) is 3. The molecule has 0 heterocycles. The highest BCUT2D eigenvalue weighted by molar-refractivity contribution is 5.91. The number of benzene rings is 2. The van der Waals surface area contributed by atoms with Crippen LogP contribution in [0.4, 0.5) is 5.69 Å². The van der Waals surface area contributed by atoms with Gasteiger partial charge in [0.2, 0.25) is 5.91 Å². The van der Waals surface area contributed by atoms with E-state index in [2.05, 4.69) is 5.32 Å². The Morgan fingerprint density at radius 3 is 2.22 bits per heavy atom. The van der Waals surface area contributed by atoms with Crippen molar-refractivity contribution >= 4 is 17.6 Å². The molecule has 2 aromatic carbocycles. The van der Waals surface area contributed by atoms with E-state index in [9.17, 15) is 9.59 Å². The maximum absolute atomic E-state index is 11.8. The van der Waals surface area contributed by atoms with Crippen molar-refractivity contribution in [2.75, 3.05) is 5.32 Å². The fraction of sp³-hybridized carbons (Fsp3) is 0.222. The van der Waals surface area contributed by atoms with Gasteiger partial charge in [0.15, 0.2) is 0 Å². The summed E-state index contributed by atoms with van der Waals surface area (Å²) < 4.78 is 5.67. The number of amides is 1. The molecule has 5 nitrogen and oxygen atoms in total. The number of carboxylic acid groups (broad SMARTS) is 1. The van der Waals surface area contributed by atoms with Crippen molar-refractivity contribution in [2.45, 2.75) is 19.8 Å². The van der Waals surface area contributed by atoms with Crippen LogP contribution in [-0.4, -0.2) is 17.0 Å². The van der Waals surface area contributed by atoms with Gasteiger partial charge in [-0.05, 0) is 42.3 Å². The number of ether oxygens (including phenoxy) is 1. The van der Waals surface area contributed by atoms with Gasteiger partial charge in [-0.1, -0.05) is 25.1 Å². The van der Waals surface area contributed by atoms with E-state index >= 15 is 0 Å². The molecule has 1 atom stereocenters. The molecule has 2 rings (SSSR count). The lowest BCUT2D eigenvalue weighted by Gasteiger charge is -2.10. The number of anilines is 1. The second-order valence-electron chi connectivity index (χ2n) is 5.39. The highest BCUT2D eigenvalue weighted by atomic mass is 16.5. The minimum atomic E-state index is -0.896. The average Bonchev–Trinajstić information content (AvgIpc) is 2.49. The lowest BCUT2D eigenvalue weighted by molar-refractivity contribution is -0.138. The number of para-hydroxylation sites is 1. The molecule has 2 aromatic rings. The summed E-state index contributed by atoms with van der Waals surface area (Å²) in [5, 5.41) is 11.4. The lowest BCUT2D eigenvalue weighted by Crippen LogP contribution is -2.16. The Hall–Kier alpha value is -2.82. The molecule has 120 valence electrons. The number of hydrogen-bond donors (Lipinski definition) is 2. The number of rotatable bonds is 7. The minimum Gasteiger partial charge on any atom is -0.481 e. The second kappa shape index (κ2) is 7.98. The van der Waals surface area contributed by atoms with Crippen molar-refractivity contribution in [3.63, 3.8) is 0 Å². The van der Waals surface area contributed by atoms with Crippen LogP contribution in [0, 0.1) is 5.92 Å². The van der Waals surface area contributed by atoms with E-state index in [0.717, 1.165) is 5.75 Å². The molecule has 0 saturated heterocycles. The molecular formula is C18H19NO4. The van der Waals surface area contributed by atoms with Gasteiger partial charge in [-0.2, -0.15) is 0 Å². The van der Waals surface area contributed by atoms with Crippen LogP contribution < -0.4 is 10.1 Å². The zero-order valence-electron chi connectivity index (χ0n) is 12.9. The topological polar surface area (TPSA) is 75.6 Å². The summed E-state index contributed by atoms with van der Waals surface area (Å²) in [7, 11) is 0. The standard InChI is InChI=1S/C18H19NO4/c1-13(12-18(21)22)11-17(20)19-14-7-9-16(10-8-14)23-15-5-3-2-4-6-15/h2-10,13H,11-12H2,1H3,(H,19,20)(H,21,22). The molecule has 0 aliphatic rings.